The fourth-order valence-corrected chi connectivity index (χ4v) is 3.65. The zero-order valence-corrected chi connectivity index (χ0v) is 16.0. The molecule has 1 heterocycles. The number of thiazole rings is 1. The smallest absolute Gasteiger partial charge is 0.261 e. The van der Waals surface area contributed by atoms with Gasteiger partial charge in [-0.1, -0.05) is 53.8 Å². The van der Waals surface area contributed by atoms with Crippen molar-refractivity contribution in [3.63, 3.8) is 0 Å². The van der Waals surface area contributed by atoms with Crippen molar-refractivity contribution in [3.05, 3.63) is 83.9 Å². The molecule has 0 radical (unpaired) electrons. The van der Waals surface area contributed by atoms with Crippen LogP contribution in [0.3, 0.4) is 0 Å². The van der Waals surface area contributed by atoms with Gasteiger partial charge in [0.15, 0.2) is 5.13 Å². The van der Waals surface area contributed by atoms with Gasteiger partial charge in [0, 0.05) is 0 Å². The Hall–Kier alpha value is -3.38. The standard InChI is InChI=1S/C22H18N2O3S/c1-26-16-11-12-18-20(13-16)28-22(23-18)24-21(25)17-9-5-6-10-19(17)27-14-15-7-3-2-4-8-15/h2-13H,14H2,1H3,(H,23,24,25). The van der Waals surface area contributed by atoms with E-state index in [4.69, 9.17) is 9.47 Å². The zero-order chi connectivity index (χ0) is 19.3. The summed E-state index contributed by atoms with van der Waals surface area (Å²) in [7, 11) is 1.62. The minimum absolute atomic E-state index is 0.255. The molecule has 4 aromatic rings. The molecule has 0 unspecified atom stereocenters. The molecule has 0 spiro atoms. The number of rotatable bonds is 6. The zero-order valence-electron chi connectivity index (χ0n) is 15.2. The van der Waals surface area contributed by atoms with E-state index in [-0.39, 0.29) is 5.91 Å². The van der Waals surface area contributed by atoms with E-state index in [2.05, 4.69) is 10.3 Å². The Balaban J connectivity index is 1.52. The lowest BCUT2D eigenvalue weighted by Crippen LogP contribution is -2.13. The summed E-state index contributed by atoms with van der Waals surface area (Å²) < 4.78 is 12.1. The molecule has 0 fully saturated rings. The summed E-state index contributed by atoms with van der Waals surface area (Å²) in [5.41, 5.74) is 2.32. The summed E-state index contributed by atoms with van der Waals surface area (Å²) in [6.45, 7) is 0.395. The predicted octanol–water partition coefficient (Wildman–Crippen LogP) is 5.14. The number of carbonyl (C=O) groups excluding carboxylic acids is 1. The summed E-state index contributed by atoms with van der Waals surface area (Å²) in [5.74, 6) is 1.04. The monoisotopic (exact) mass is 390 g/mol. The SMILES string of the molecule is COc1ccc2nc(NC(=O)c3ccccc3OCc3ccccc3)sc2c1. The highest BCUT2D eigenvalue weighted by molar-refractivity contribution is 7.22. The first-order chi connectivity index (χ1) is 13.7. The van der Waals surface area contributed by atoms with Crippen molar-refractivity contribution in [1.29, 1.82) is 0 Å². The molecule has 0 aliphatic heterocycles. The molecule has 28 heavy (non-hydrogen) atoms. The van der Waals surface area contributed by atoms with Crippen molar-refractivity contribution in [2.24, 2.45) is 0 Å². The van der Waals surface area contributed by atoms with Crippen LogP contribution in [0, 0.1) is 0 Å². The summed E-state index contributed by atoms with van der Waals surface area (Å²) in [4.78, 5) is 17.3. The first-order valence-corrected chi connectivity index (χ1v) is 9.56. The topological polar surface area (TPSA) is 60.5 Å². The Bertz CT molecular complexity index is 1110. The van der Waals surface area contributed by atoms with Gasteiger partial charge in [0.25, 0.3) is 5.91 Å². The average molecular weight is 390 g/mol. The summed E-state index contributed by atoms with van der Waals surface area (Å²) in [6.07, 6.45) is 0. The number of nitrogens with one attached hydrogen (secondary N) is 1. The molecule has 1 amide bonds. The van der Waals surface area contributed by atoms with Crippen molar-refractivity contribution in [3.8, 4) is 11.5 Å². The van der Waals surface area contributed by atoms with Crippen molar-refractivity contribution >= 4 is 32.6 Å². The quantitative estimate of drug-likeness (QED) is 0.495. The largest absolute Gasteiger partial charge is 0.497 e. The number of hydrogen-bond acceptors (Lipinski definition) is 5. The minimum Gasteiger partial charge on any atom is -0.497 e. The van der Waals surface area contributed by atoms with E-state index in [1.165, 1.54) is 11.3 Å². The van der Waals surface area contributed by atoms with Gasteiger partial charge in [-0.25, -0.2) is 4.98 Å². The lowest BCUT2D eigenvalue weighted by Gasteiger charge is -2.11. The Labute approximate surface area is 166 Å². The molecule has 6 heteroatoms. The third kappa shape index (κ3) is 3.97. The van der Waals surface area contributed by atoms with E-state index < -0.39 is 0 Å². The van der Waals surface area contributed by atoms with Crippen LogP contribution in [0.2, 0.25) is 0 Å². The molecule has 1 N–H and O–H groups in total. The molecule has 0 saturated heterocycles. The second-order valence-corrected chi connectivity index (χ2v) is 7.11. The van der Waals surface area contributed by atoms with Crippen LogP contribution in [-0.4, -0.2) is 18.0 Å². The van der Waals surface area contributed by atoms with E-state index in [0.717, 1.165) is 21.5 Å². The molecule has 4 rings (SSSR count). The predicted molar refractivity (Wildman–Crippen MR) is 111 cm³/mol. The highest BCUT2D eigenvalue weighted by atomic mass is 32.1. The third-order valence-electron chi connectivity index (χ3n) is 4.18. The van der Waals surface area contributed by atoms with Gasteiger partial charge in [0.05, 0.1) is 22.9 Å². The third-order valence-corrected chi connectivity index (χ3v) is 5.12. The highest BCUT2D eigenvalue weighted by Gasteiger charge is 2.15. The number of fused-ring (bicyclic) bond motifs is 1. The number of ether oxygens (including phenoxy) is 2. The molecule has 140 valence electrons. The number of para-hydroxylation sites is 1. The van der Waals surface area contributed by atoms with Gasteiger partial charge < -0.3 is 9.47 Å². The number of nitrogens with zero attached hydrogens (tertiary/aromatic N) is 1. The van der Waals surface area contributed by atoms with Gasteiger partial charge in [0.2, 0.25) is 0 Å². The molecule has 3 aromatic carbocycles. The van der Waals surface area contributed by atoms with Crippen LogP contribution in [0.4, 0.5) is 5.13 Å². The van der Waals surface area contributed by atoms with Gasteiger partial charge in [-0.3, -0.25) is 10.1 Å². The maximum Gasteiger partial charge on any atom is 0.261 e. The van der Waals surface area contributed by atoms with Gasteiger partial charge >= 0.3 is 0 Å². The average Bonchev–Trinajstić information content (AvgIpc) is 3.14. The van der Waals surface area contributed by atoms with Crippen LogP contribution >= 0.6 is 11.3 Å². The van der Waals surface area contributed by atoms with Crippen molar-refractivity contribution in [2.45, 2.75) is 6.61 Å². The maximum atomic E-state index is 12.8. The van der Waals surface area contributed by atoms with E-state index >= 15 is 0 Å². The Morgan fingerprint density at radius 1 is 1.04 bits per heavy atom. The fraction of sp³-hybridized carbons (Fsp3) is 0.0909. The first-order valence-electron chi connectivity index (χ1n) is 8.74. The lowest BCUT2D eigenvalue weighted by molar-refractivity contribution is 0.102. The van der Waals surface area contributed by atoms with Crippen molar-refractivity contribution in [2.75, 3.05) is 12.4 Å². The van der Waals surface area contributed by atoms with E-state index in [0.29, 0.717) is 23.1 Å². The second-order valence-electron chi connectivity index (χ2n) is 6.08. The van der Waals surface area contributed by atoms with Crippen LogP contribution in [0.1, 0.15) is 15.9 Å². The molecule has 0 atom stereocenters. The molecular formula is C22H18N2O3S. The van der Waals surface area contributed by atoms with Gasteiger partial charge in [-0.2, -0.15) is 0 Å². The number of carbonyl (C=O) groups is 1. The number of hydrogen-bond donors (Lipinski definition) is 1. The molecule has 0 saturated carbocycles. The Morgan fingerprint density at radius 2 is 1.82 bits per heavy atom. The molecule has 0 aliphatic carbocycles. The molecule has 5 nitrogen and oxygen atoms in total. The van der Waals surface area contributed by atoms with Crippen molar-refractivity contribution < 1.29 is 14.3 Å². The maximum absolute atomic E-state index is 12.8. The van der Waals surface area contributed by atoms with Gasteiger partial charge in [-0.15, -0.1) is 0 Å². The minimum atomic E-state index is -0.255. The van der Waals surface area contributed by atoms with Crippen LogP contribution in [0.25, 0.3) is 10.2 Å². The molecule has 0 bridgehead atoms. The van der Waals surface area contributed by atoms with Crippen molar-refractivity contribution in [1.82, 2.24) is 4.98 Å². The van der Waals surface area contributed by atoms with E-state index in [9.17, 15) is 4.79 Å². The number of aromatic nitrogens is 1. The van der Waals surface area contributed by atoms with Crippen LogP contribution in [0.15, 0.2) is 72.8 Å². The summed E-state index contributed by atoms with van der Waals surface area (Å²) in [6, 6.07) is 22.7. The van der Waals surface area contributed by atoms with Crippen LogP contribution in [-0.2, 0) is 6.61 Å². The van der Waals surface area contributed by atoms with E-state index in [1.807, 2.05) is 60.7 Å². The number of benzene rings is 3. The Morgan fingerprint density at radius 3 is 2.64 bits per heavy atom. The van der Waals surface area contributed by atoms with Gasteiger partial charge in [0.1, 0.15) is 18.1 Å². The van der Waals surface area contributed by atoms with Crippen LogP contribution in [0.5, 0.6) is 11.5 Å². The summed E-state index contributed by atoms with van der Waals surface area (Å²) >= 11 is 1.40. The second kappa shape index (κ2) is 8.10. The number of anilines is 1. The van der Waals surface area contributed by atoms with Gasteiger partial charge in [-0.05, 0) is 35.9 Å². The Kier molecular flexibility index (Phi) is 5.21. The highest BCUT2D eigenvalue weighted by Crippen LogP contribution is 2.30. The summed E-state index contributed by atoms with van der Waals surface area (Å²) in [5, 5.41) is 3.40. The fourth-order valence-electron chi connectivity index (χ4n) is 2.77. The lowest BCUT2D eigenvalue weighted by atomic mass is 10.2. The van der Waals surface area contributed by atoms with E-state index in [1.54, 1.807) is 19.2 Å². The molecule has 1 aromatic heterocycles. The molecular weight excluding hydrogens is 372 g/mol. The molecule has 0 aliphatic rings. The number of amides is 1. The normalized spacial score (nSPS) is 10.6. The first kappa shape index (κ1) is 18.0. The number of methoxy groups -OCH3 is 1. The van der Waals surface area contributed by atoms with Crippen LogP contribution < -0.4 is 14.8 Å².